The first kappa shape index (κ1) is 16.8. The Labute approximate surface area is 132 Å². The highest BCUT2D eigenvalue weighted by Crippen LogP contribution is 2.16. The van der Waals surface area contributed by atoms with Crippen LogP contribution >= 0.6 is 0 Å². The molecule has 0 radical (unpaired) electrons. The van der Waals surface area contributed by atoms with Crippen LogP contribution in [0.15, 0.2) is 29.3 Å². The lowest BCUT2D eigenvalue weighted by Gasteiger charge is -2.08. The van der Waals surface area contributed by atoms with Gasteiger partial charge in [-0.05, 0) is 49.8 Å². The molecule has 0 saturated carbocycles. The molecule has 0 spiro atoms. The van der Waals surface area contributed by atoms with Crippen molar-refractivity contribution in [2.45, 2.75) is 51.5 Å². The fraction of sp³-hybridized carbons (Fsp3) is 0.611. The van der Waals surface area contributed by atoms with Crippen LogP contribution in [0, 0.1) is 0 Å². The van der Waals surface area contributed by atoms with Crippen molar-refractivity contribution in [2.75, 3.05) is 19.9 Å². The number of rotatable bonds is 10. The molecule has 0 amide bonds. The Balaban J connectivity index is 1.62. The molecule has 3 nitrogen and oxygen atoms in total. The van der Waals surface area contributed by atoms with Crippen molar-refractivity contribution in [1.29, 1.82) is 0 Å². The van der Waals surface area contributed by atoms with Gasteiger partial charge in [0.2, 0.25) is 0 Å². The number of hydrogen-bond donors (Lipinski definition) is 0. The Morgan fingerprint density at radius 2 is 1.95 bits per heavy atom. The molecule has 1 aromatic carbocycles. The second-order valence-corrected chi connectivity index (χ2v) is 5.75. The Kier molecular flexibility index (Phi) is 7.20. The monoisotopic (exact) mass is 307 g/mol. The molecule has 4 heteroatoms. The van der Waals surface area contributed by atoms with E-state index in [1.165, 1.54) is 5.56 Å². The first-order valence-electron chi connectivity index (χ1n) is 8.23. The molecule has 22 heavy (non-hydrogen) atoms. The summed E-state index contributed by atoms with van der Waals surface area (Å²) in [5.41, 5.74) is 1.30. The minimum atomic E-state index is -0.208. The molecule has 2 rings (SSSR count). The van der Waals surface area contributed by atoms with Crippen molar-refractivity contribution < 1.29 is 13.9 Å². The molecule has 0 bridgehead atoms. The fourth-order valence-electron chi connectivity index (χ4n) is 2.52. The van der Waals surface area contributed by atoms with Gasteiger partial charge in [-0.15, -0.1) is 0 Å². The summed E-state index contributed by atoms with van der Waals surface area (Å²) in [6, 6.07) is 8.59. The van der Waals surface area contributed by atoms with Gasteiger partial charge in [0.05, 0.1) is 19.3 Å². The lowest BCUT2D eigenvalue weighted by molar-refractivity contribution is 0.302. The van der Waals surface area contributed by atoms with Crippen LogP contribution in [0.3, 0.4) is 0 Å². The summed E-state index contributed by atoms with van der Waals surface area (Å²) < 4.78 is 23.0. The molecule has 1 atom stereocenters. The van der Waals surface area contributed by atoms with Crippen molar-refractivity contribution in [3.05, 3.63) is 29.8 Å². The van der Waals surface area contributed by atoms with Gasteiger partial charge in [-0.1, -0.05) is 18.6 Å². The van der Waals surface area contributed by atoms with Gasteiger partial charge < -0.3 is 9.47 Å². The van der Waals surface area contributed by atoms with Gasteiger partial charge in [0.1, 0.15) is 12.4 Å². The minimum absolute atomic E-state index is 0.208. The van der Waals surface area contributed by atoms with E-state index in [1.807, 2.05) is 19.1 Å². The molecular weight excluding hydrogens is 281 g/mol. The zero-order chi connectivity index (χ0) is 15.6. The van der Waals surface area contributed by atoms with Crippen molar-refractivity contribution in [3.63, 3.8) is 0 Å². The van der Waals surface area contributed by atoms with E-state index in [-0.39, 0.29) is 6.67 Å². The van der Waals surface area contributed by atoms with E-state index in [4.69, 9.17) is 9.47 Å². The zero-order valence-electron chi connectivity index (χ0n) is 13.4. The second kappa shape index (κ2) is 9.44. The molecule has 0 aliphatic carbocycles. The van der Waals surface area contributed by atoms with E-state index in [2.05, 4.69) is 17.1 Å². The minimum Gasteiger partial charge on any atom is -0.494 e. The van der Waals surface area contributed by atoms with Crippen LogP contribution in [0.1, 0.15) is 44.6 Å². The van der Waals surface area contributed by atoms with E-state index in [0.717, 1.165) is 50.4 Å². The van der Waals surface area contributed by atoms with Gasteiger partial charge in [0, 0.05) is 6.92 Å². The number of alkyl halides is 1. The van der Waals surface area contributed by atoms with Crippen molar-refractivity contribution in [2.24, 2.45) is 4.99 Å². The summed E-state index contributed by atoms with van der Waals surface area (Å²) in [6.07, 6.45) is 5.67. The standard InChI is InChI=1S/C18H26FNO2/c1-15-20-17(14-22-15)9-6-16-7-10-18(11-8-16)21-13-5-3-2-4-12-19/h7-8,10-11,17H,2-6,9,12-14H2,1H3/t17-/m0/s1. The molecule has 1 aromatic rings. The largest absolute Gasteiger partial charge is 0.494 e. The topological polar surface area (TPSA) is 30.8 Å². The maximum absolute atomic E-state index is 11.9. The molecule has 0 N–H and O–H groups in total. The van der Waals surface area contributed by atoms with Crippen LogP contribution in [-0.2, 0) is 11.2 Å². The maximum atomic E-state index is 11.9. The third-order valence-electron chi connectivity index (χ3n) is 3.84. The number of hydrogen-bond acceptors (Lipinski definition) is 3. The second-order valence-electron chi connectivity index (χ2n) is 5.75. The number of benzene rings is 1. The number of ether oxygens (including phenoxy) is 2. The highest BCUT2D eigenvalue weighted by molar-refractivity contribution is 5.74. The van der Waals surface area contributed by atoms with Crippen LogP contribution < -0.4 is 4.74 Å². The van der Waals surface area contributed by atoms with E-state index in [0.29, 0.717) is 19.1 Å². The van der Waals surface area contributed by atoms with Crippen LogP contribution in [0.2, 0.25) is 0 Å². The smallest absolute Gasteiger partial charge is 0.180 e. The number of aliphatic imine (C=N–C) groups is 1. The quantitative estimate of drug-likeness (QED) is 0.602. The first-order chi connectivity index (χ1) is 10.8. The van der Waals surface area contributed by atoms with E-state index in [9.17, 15) is 4.39 Å². The van der Waals surface area contributed by atoms with Crippen molar-refractivity contribution >= 4 is 5.90 Å². The van der Waals surface area contributed by atoms with Crippen LogP contribution in [0.4, 0.5) is 4.39 Å². The average molecular weight is 307 g/mol. The number of unbranched alkanes of at least 4 members (excludes halogenated alkanes) is 3. The highest BCUT2D eigenvalue weighted by atomic mass is 19.1. The van der Waals surface area contributed by atoms with E-state index in [1.54, 1.807) is 0 Å². The SMILES string of the molecule is CC1=N[C@@H](CCc2ccc(OCCCCCCF)cc2)CO1. The van der Waals surface area contributed by atoms with Crippen molar-refractivity contribution in [3.8, 4) is 5.75 Å². The third-order valence-corrected chi connectivity index (χ3v) is 3.84. The van der Waals surface area contributed by atoms with E-state index < -0.39 is 0 Å². The summed E-state index contributed by atoms with van der Waals surface area (Å²) in [4.78, 5) is 4.44. The molecule has 0 saturated heterocycles. The summed E-state index contributed by atoms with van der Waals surface area (Å²) >= 11 is 0. The van der Waals surface area contributed by atoms with Gasteiger partial charge in [-0.25, -0.2) is 4.99 Å². The van der Waals surface area contributed by atoms with Gasteiger partial charge in [-0.2, -0.15) is 0 Å². The van der Waals surface area contributed by atoms with Crippen LogP contribution in [0.25, 0.3) is 0 Å². The summed E-state index contributed by atoms with van der Waals surface area (Å²) in [5, 5.41) is 0. The molecule has 0 aromatic heterocycles. The Bertz CT molecular complexity index is 459. The molecular formula is C18H26FNO2. The molecule has 1 aliphatic heterocycles. The summed E-state index contributed by atoms with van der Waals surface area (Å²) in [7, 11) is 0. The number of halogens is 1. The third kappa shape index (κ3) is 6.04. The lowest BCUT2D eigenvalue weighted by atomic mass is 10.1. The highest BCUT2D eigenvalue weighted by Gasteiger charge is 2.15. The summed E-state index contributed by atoms with van der Waals surface area (Å²) in [5.74, 6) is 1.72. The zero-order valence-corrected chi connectivity index (χ0v) is 13.4. The first-order valence-corrected chi connectivity index (χ1v) is 8.23. The molecule has 0 unspecified atom stereocenters. The predicted molar refractivity (Wildman–Crippen MR) is 87.6 cm³/mol. The normalized spacial score (nSPS) is 17.2. The van der Waals surface area contributed by atoms with Crippen molar-refractivity contribution in [1.82, 2.24) is 0 Å². The lowest BCUT2D eigenvalue weighted by Crippen LogP contribution is -2.07. The van der Waals surface area contributed by atoms with Gasteiger partial charge in [0.25, 0.3) is 0 Å². The molecule has 122 valence electrons. The van der Waals surface area contributed by atoms with Gasteiger partial charge in [-0.3, -0.25) is 4.39 Å². The molecule has 0 fully saturated rings. The van der Waals surface area contributed by atoms with Crippen LogP contribution in [0.5, 0.6) is 5.75 Å². The Morgan fingerprint density at radius 3 is 2.64 bits per heavy atom. The van der Waals surface area contributed by atoms with E-state index >= 15 is 0 Å². The molecule has 1 heterocycles. The Hall–Kier alpha value is -1.58. The van der Waals surface area contributed by atoms with Gasteiger partial charge in [0.15, 0.2) is 5.90 Å². The average Bonchev–Trinajstić information content (AvgIpc) is 2.95. The predicted octanol–water partition coefficient (Wildman–Crippen LogP) is 4.35. The van der Waals surface area contributed by atoms with Crippen LogP contribution in [-0.4, -0.2) is 31.8 Å². The number of aryl methyl sites for hydroxylation is 1. The summed E-state index contributed by atoms with van der Waals surface area (Å²) in [6.45, 7) is 3.12. The number of nitrogens with zero attached hydrogens (tertiary/aromatic N) is 1. The Morgan fingerprint density at radius 1 is 1.18 bits per heavy atom. The van der Waals surface area contributed by atoms with Gasteiger partial charge >= 0.3 is 0 Å². The fourth-order valence-corrected chi connectivity index (χ4v) is 2.52. The molecule has 1 aliphatic rings. The maximum Gasteiger partial charge on any atom is 0.180 e.